The highest BCUT2D eigenvalue weighted by molar-refractivity contribution is 8.01. The van der Waals surface area contributed by atoms with Gasteiger partial charge in [0.15, 0.2) is 12.2 Å². The number of carbonyl (C=O) groups excluding carboxylic acids is 6. The normalized spacial score (nSPS) is 24.4. The van der Waals surface area contributed by atoms with Gasteiger partial charge in [0.25, 0.3) is 0 Å². The van der Waals surface area contributed by atoms with Crippen molar-refractivity contribution in [3.8, 4) is 0 Å². The van der Waals surface area contributed by atoms with Gasteiger partial charge in [0.2, 0.25) is 10.8 Å². The fourth-order valence-corrected chi connectivity index (χ4v) is 4.79. The van der Waals surface area contributed by atoms with Crippen LogP contribution in [0.3, 0.4) is 0 Å². The second-order valence-electron chi connectivity index (χ2n) is 8.03. The quantitative estimate of drug-likeness (QED) is 0.203. The van der Waals surface area contributed by atoms with E-state index in [0.717, 1.165) is 46.6 Å². The van der Waals surface area contributed by atoms with Crippen LogP contribution in [0.15, 0.2) is 12.7 Å². The largest absolute Gasteiger partial charge is 0.466 e. The molecule has 0 aromatic rings. The summed E-state index contributed by atoms with van der Waals surface area (Å²) in [5.74, 6) is -4.32. The summed E-state index contributed by atoms with van der Waals surface area (Å²) in [5.41, 5.74) is 0. The van der Waals surface area contributed by atoms with Crippen molar-refractivity contribution in [2.24, 2.45) is 0 Å². The number of hydrogen-bond acceptors (Lipinski definition) is 13. The van der Waals surface area contributed by atoms with Gasteiger partial charge in [0, 0.05) is 46.8 Å². The van der Waals surface area contributed by atoms with E-state index in [4.69, 9.17) is 28.4 Å². The second-order valence-corrected chi connectivity index (χ2v) is 9.31. The van der Waals surface area contributed by atoms with Crippen molar-refractivity contribution < 1.29 is 57.2 Å². The summed E-state index contributed by atoms with van der Waals surface area (Å²) in [6.45, 7) is 8.68. The molecule has 1 aliphatic rings. The zero-order chi connectivity index (χ0) is 28.3. The first kappa shape index (κ1) is 31.9. The fraction of sp³-hybridized carbons (Fsp3) is 0.652. The predicted octanol–water partition coefficient (Wildman–Crippen LogP) is 0.427. The van der Waals surface area contributed by atoms with Gasteiger partial charge < -0.3 is 33.7 Å². The molecule has 1 aliphatic heterocycles. The minimum absolute atomic E-state index is 0.193. The Labute approximate surface area is 218 Å². The van der Waals surface area contributed by atoms with E-state index in [9.17, 15) is 28.8 Å². The molecule has 1 heterocycles. The van der Waals surface area contributed by atoms with E-state index in [1.54, 1.807) is 0 Å². The first-order chi connectivity index (χ1) is 17.3. The summed E-state index contributed by atoms with van der Waals surface area (Å²) in [7, 11) is 1.13. The van der Waals surface area contributed by atoms with Gasteiger partial charge >= 0.3 is 29.8 Å². The summed E-state index contributed by atoms with van der Waals surface area (Å²) in [6, 6.07) is -1.19. The Bertz CT molecular complexity index is 893. The van der Waals surface area contributed by atoms with Gasteiger partial charge in [-0.3, -0.25) is 24.0 Å². The van der Waals surface area contributed by atoms with Crippen molar-refractivity contribution >= 4 is 47.5 Å². The van der Waals surface area contributed by atoms with Gasteiger partial charge in [-0.25, -0.2) is 4.79 Å². The van der Waals surface area contributed by atoms with Crippen LogP contribution in [-0.2, 0) is 57.2 Å². The van der Waals surface area contributed by atoms with E-state index in [-0.39, 0.29) is 12.2 Å². The van der Waals surface area contributed by atoms with Crippen LogP contribution >= 0.6 is 11.8 Å². The molecule has 0 aromatic carbocycles. The van der Waals surface area contributed by atoms with Crippen LogP contribution in [0.5, 0.6) is 0 Å². The Morgan fingerprint density at radius 1 is 1.03 bits per heavy atom. The van der Waals surface area contributed by atoms with Crippen molar-refractivity contribution in [1.29, 1.82) is 0 Å². The predicted molar refractivity (Wildman–Crippen MR) is 128 cm³/mol. The number of nitrogens with one attached hydrogen (secondary N) is 1. The molecule has 0 aliphatic carbocycles. The molecule has 0 spiro atoms. The van der Waals surface area contributed by atoms with Crippen molar-refractivity contribution in [1.82, 2.24) is 5.32 Å². The number of carbonyl (C=O) groups is 6. The summed E-state index contributed by atoms with van der Waals surface area (Å²) >= 11 is 0.961. The number of methoxy groups -OCH3 is 1. The third-order valence-corrected chi connectivity index (χ3v) is 6.23. The maximum Gasteiger partial charge on any atom is 0.349 e. The van der Waals surface area contributed by atoms with E-state index >= 15 is 0 Å². The number of ether oxygens (including phenoxy) is 6. The number of rotatable bonds is 12. The molecule has 1 amide bonds. The van der Waals surface area contributed by atoms with Crippen molar-refractivity contribution in [2.45, 2.75) is 76.4 Å². The van der Waals surface area contributed by atoms with Gasteiger partial charge in [-0.2, -0.15) is 0 Å². The molecule has 0 bridgehead atoms. The lowest BCUT2D eigenvalue weighted by Crippen LogP contribution is -2.68. The second kappa shape index (κ2) is 14.6. The molecule has 208 valence electrons. The topological polar surface area (TPSA) is 170 Å². The molecule has 1 N–H and O–H groups in total. The standard InChI is InChI=1S/C23H33NO12S/c1-8-9-37-23(22(30)31-7)10-17(33-14(4)27)19(24-12(2)25)21(36-23)20(35-16(6)29)18(34-15(5)28)11-32-13(3)26/h8,17-21H,1,9-11H2,2-7H3,(H,24,25)/t17-,18+,19+,20+,21+,23-/m0/s1. The molecule has 1 fully saturated rings. The molecule has 1 saturated heterocycles. The van der Waals surface area contributed by atoms with Gasteiger partial charge in [-0.1, -0.05) is 6.08 Å². The zero-order valence-electron chi connectivity index (χ0n) is 21.6. The maximum atomic E-state index is 13.0. The Balaban J connectivity index is 3.79. The molecule has 13 nitrogen and oxygen atoms in total. The molecule has 0 aromatic heterocycles. The summed E-state index contributed by atoms with van der Waals surface area (Å²) in [4.78, 5) is 70.8. The van der Waals surface area contributed by atoms with Crippen LogP contribution < -0.4 is 5.32 Å². The van der Waals surface area contributed by atoms with Crippen molar-refractivity contribution in [3.63, 3.8) is 0 Å². The van der Waals surface area contributed by atoms with Gasteiger partial charge in [-0.15, -0.1) is 18.3 Å². The maximum absolute atomic E-state index is 13.0. The molecule has 14 heteroatoms. The smallest absolute Gasteiger partial charge is 0.349 e. The van der Waals surface area contributed by atoms with E-state index in [1.165, 1.54) is 13.0 Å². The number of hydrogen-bond donors (Lipinski definition) is 1. The van der Waals surface area contributed by atoms with Crippen molar-refractivity contribution in [2.75, 3.05) is 19.5 Å². The summed E-state index contributed by atoms with van der Waals surface area (Å²) in [5, 5.41) is 2.60. The zero-order valence-corrected chi connectivity index (χ0v) is 22.4. The molecule has 1 rings (SSSR count). The molecule has 37 heavy (non-hydrogen) atoms. The molecular formula is C23H33NO12S. The highest BCUT2D eigenvalue weighted by atomic mass is 32.2. The lowest BCUT2D eigenvalue weighted by Gasteiger charge is -2.48. The van der Waals surface area contributed by atoms with Crippen LogP contribution in [0.1, 0.15) is 41.0 Å². The van der Waals surface area contributed by atoms with Gasteiger partial charge in [-0.05, 0) is 0 Å². The molecule has 0 radical (unpaired) electrons. The first-order valence-electron chi connectivity index (χ1n) is 11.2. The summed E-state index contributed by atoms with van der Waals surface area (Å²) < 4.78 is 32.4. The minimum Gasteiger partial charge on any atom is -0.466 e. The highest BCUT2D eigenvalue weighted by Crippen LogP contribution is 2.42. The highest BCUT2D eigenvalue weighted by Gasteiger charge is 2.58. The minimum atomic E-state index is -1.82. The summed E-state index contributed by atoms with van der Waals surface area (Å²) in [6.07, 6.45) is -4.36. The van der Waals surface area contributed by atoms with Crippen molar-refractivity contribution in [3.05, 3.63) is 12.7 Å². The van der Waals surface area contributed by atoms with Gasteiger partial charge in [0.1, 0.15) is 18.8 Å². The lowest BCUT2D eigenvalue weighted by atomic mass is 9.89. The Kier molecular flexibility index (Phi) is 12.6. The lowest BCUT2D eigenvalue weighted by molar-refractivity contribution is -0.224. The Hall–Kier alpha value is -3.13. The SMILES string of the molecule is C=CCS[C@]1(C(=O)OC)C[C@H](OC(C)=O)[C@@H](NC(C)=O)[C@H]([C@H](OC(C)=O)[C@@H](COC(C)=O)OC(C)=O)O1. The van der Waals surface area contributed by atoms with E-state index in [1.807, 2.05) is 0 Å². The van der Waals surface area contributed by atoms with E-state index < -0.39 is 77.8 Å². The van der Waals surface area contributed by atoms with Crippen LogP contribution in [0.25, 0.3) is 0 Å². The average Bonchev–Trinajstić information content (AvgIpc) is 2.78. The fourth-order valence-electron chi connectivity index (χ4n) is 3.74. The van der Waals surface area contributed by atoms with Crippen LogP contribution in [-0.4, -0.2) is 90.6 Å². The van der Waals surface area contributed by atoms with Crippen LogP contribution in [0.4, 0.5) is 0 Å². The molecular weight excluding hydrogens is 514 g/mol. The Morgan fingerprint density at radius 3 is 2.11 bits per heavy atom. The Morgan fingerprint density at radius 2 is 1.65 bits per heavy atom. The molecule has 0 unspecified atom stereocenters. The first-order valence-corrected chi connectivity index (χ1v) is 12.2. The number of amides is 1. The van der Waals surface area contributed by atoms with Crippen LogP contribution in [0.2, 0.25) is 0 Å². The van der Waals surface area contributed by atoms with E-state index in [0.29, 0.717) is 0 Å². The third-order valence-electron chi connectivity index (χ3n) is 4.93. The molecule has 0 saturated carbocycles. The van der Waals surface area contributed by atoms with Gasteiger partial charge in [0.05, 0.1) is 13.2 Å². The number of esters is 5. The molecule has 6 atom stereocenters. The number of thioether (sulfide) groups is 1. The monoisotopic (exact) mass is 547 g/mol. The van der Waals surface area contributed by atoms with Crippen LogP contribution in [0, 0.1) is 0 Å². The average molecular weight is 548 g/mol. The van der Waals surface area contributed by atoms with E-state index in [2.05, 4.69) is 11.9 Å². The third kappa shape index (κ3) is 9.69.